The Labute approximate surface area is 291 Å². The lowest BCUT2D eigenvalue weighted by molar-refractivity contribution is 1.59. The molecule has 10 aromatic carbocycles. The molecule has 0 N–H and O–H groups in total. The van der Waals surface area contributed by atoms with Crippen LogP contribution in [0.15, 0.2) is 194 Å². The second-order valence-corrected chi connectivity index (χ2v) is 13.2. The van der Waals surface area contributed by atoms with Crippen molar-refractivity contribution in [2.24, 2.45) is 0 Å². The Bertz CT molecular complexity index is 2700. The molecule has 0 spiro atoms. The molecule has 0 heterocycles. The third kappa shape index (κ3) is 4.46. The van der Waals surface area contributed by atoms with Crippen molar-refractivity contribution in [3.05, 3.63) is 194 Å². The fraction of sp³-hybridized carbons (Fsp3) is 0. The third-order valence-corrected chi connectivity index (χ3v) is 10.4. The van der Waals surface area contributed by atoms with Crippen LogP contribution in [-0.4, -0.2) is 0 Å². The van der Waals surface area contributed by atoms with Crippen LogP contribution >= 0.6 is 0 Å². The summed E-state index contributed by atoms with van der Waals surface area (Å²) in [6.07, 6.45) is 0. The molecule has 0 unspecified atom stereocenters. The smallest absolute Gasteiger partial charge is 0.00137 e. The highest BCUT2D eigenvalue weighted by Gasteiger charge is 2.18. The van der Waals surface area contributed by atoms with E-state index in [4.69, 9.17) is 0 Å². The van der Waals surface area contributed by atoms with Gasteiger partial charge in [0.05, 0.1) is 0 Å². The van der Waals surface area contributed by atoms with E-state index >= 15 is 0 Å². The van der Waals surface area contributed by atoms with Crippen molar-refractivity contribution < 1.29 is 0 Å². The van der Waals surface area contributed by atoms with E-state index in [1.807, 2.05) is 0 Å². The predicted octanol–water partition coefficient (Wildman–Crippen LogP) is 14.1. The molecule has 0 saturated heterocycles. The average Bonchev–Trinajstić information content (AvgIpc) is 3.21. The lowest BCUT2D eigenvalue weighted by Crippen LogP contribution is -1.91. The number of hydrogen-bond donors (Lipinski definition) is 0. The first-order chi connectivity index (χ1) is 24.8. The van der Waals surface area contributed by atoms with E-state index in [0.29, 0.717) is 0 Å². The molecule has 0 nitrogen and oxygen atoms in total. The van der Waals surface area contributed by atoms with Crippen molar-refractivity contribution in [3.63, 3.8) is 0 Å². The van der Waals surface area contributed by atoms with Gasteiger partial charge < -0.3 is 0 Å². The summed E-state index contributed by atoms with van der Waals surface area (Å²) in [6.45, 7) is 0. The van der Waals surface area contributed by atoms with Gasteiger partial charge in [-0.2, -0.15) is 0 Å². The summed E-state index contributed by atoms with van der Waals surface area (Å²) in [5.74, 6) is 0. The monoisotopic (exact) mass is 632 g/mol. The van der Waals surface area contributed by atoms with Gasteiger partial charge in [0.15, 0.2) is 0 Å². The largest absolute Gasteiger partial charge is 0.0622 e. The molecular formula is C50H32. The van der Waals surface area contributed by atoms with Crippen LogP contribution in [0.1, 0.15) is 0 Å². The highest BCUT2D eigenvalue weighted by Crippen LogP contribution is 2.46. The van der Waals surface area contributed by atoms with Crippen molar-refractivity contribution in [1.82, 2.24) is 0 Å². The maximum Gasteiger partial charge on any atom is -0.00137 e. The maximum atomic E-state index is 2.44. The minimum absolute atomic E-state index is 1.23. The molecule has 0 saturated carbocycles. The third-order valence-electron chi connectivity index (χ3n) is 10.4. The van der Waals surface area contributed by atoms with E-state index in [1.165, 1.54) is 98.4 Å². The summed E-state index contributed by atoms with van der Waals surface area (Å²) >= 11 is 0. The Morgan fingerprint density at radius 1 is 0.180 bits per heavy atom. The molecule has 0 aliphatic rings. The normalized spacial score (nSPS) is 11.6. The maximum absolute atomic E-state index is 2.44. The Morgan fingerprint density at radius 2 is 0.480 bits per heavy atom. The molecular weight excluding hydrogens is 601 g/mol. The summed E-state index contributed by atoms with van der Waals surface area (Å²) in [5, 5.41) is 12.9. The van der Waals surface area contributed by atoms with Gasteiger partial charge in [0.2, 0.25) is 0 Å². The summed E-state index contributed by atoms with van der Waals surface area (Å²) < 4.78 is 0. The Balaban J connectivity index is 1.34. The van der Waals surface area contributed by atoms with Gasteiger partial charge in [-0.1, -0.05) is 182 Å². The zero-order chi connectivity index (χ0) is 33.0. The molecule has 0 radical (unpaired) electrons. The highest BCUT2D eigenvalue weighted by molar-refractivity contribution is 6.39. The zero-order valence-electron chi connectivity index (χ0n) is 27.5. The van der Waals surface area contributed by atoms with Crippen molar-refractivity contribution in [2.45, 2.75) is 0 Å². The van der Waals surface area contributed by atoms with E-state index in [9.17, 15) is 0 Å². The summed E-state index contributed by atoms with van der Waals surface area (Å²) in [4.78, 5) is 0. The van der Waals surface area contributed by atoms with Crippen LogP contribution in [0.5, 0.6) is 0 Å². The van der Waals surface area contributed by atoms with Crippen LogP contribution in [0.4, 0.5) is 0 Å². The van der Waals surface area contributed by atoms with Gasteiger partial charge in [-0.15, -0.1) is 0 Å². The second kappa shape index (κ2) is 11.6. The van der Waals surface area contributed by atoms with Crippen LogP contribution in [0.2, 0.25) is 0 Å². The van der Waals surface area contributed by atoms with Gasteiger partial charge in [0.1, 0.15) is 0 Å². The molecule has 232 valence electrons. The number of rotatable bonds is 4. The van der Waals surface area contributed by atoms with Crippen LogP contribution in [-0.2, 0) is 0 Å². The molecule has 0 aliphatic carbocycles. The molecule has 10 aromatic rings. The fourth-order valence-corrected chi connectivity index (χ4v) is 8.22. The van der Waals surface area contributed by atoms with Crippen molar-refractivity contribution >= 4 is 53.9 Å². The van der Waals surface area contributed by atoms with Gasteiger partial charge in [-0.05, 0) is 111 Å². The first-order valence-electron chi connectivity index (χ1n) is 17.4. The number of benzene rings is 10. The van der Waals surface area contributed by atoms with E-state index in [-0.39, 0.29) is 0 Å². The minimum atomic E-state index is 1.23. The molecule has 0 bridgehead atoms. The highest BCUT2D eigenvalue weighted by atomic mass is 14.2. The van der Waals surface area contributed by atoms with Gasteiger partial charge in [0, 0.05) is 0 Å². The first-order valence-corrected chi connectivity index (χ1v) is 17.4. The summed E-state index contributed by atoms with van der Waals surface area (Å²) in [5.41, 5.74) is 9.88. The van der Waals surface area contributed by atoms with E-state index in [0.717, 1.165) is 0 Å². The lowest BCUT2D eigenvalue weighted by Gasteiger charge is -2.19. The average molecular weight is 633 g/mol. The Hall–Kier alpha value is -6.50. The quantitative estimate of drug-likeness (QED) is 0.169. The summed E-state index contributed by atoms with van der Waals surface area (Å²) in [7, 11) is 0. The molecule has 50 heavy (non-hydrogen) atoms. The SMILES string of the molecule is c1ccc(-c2ccccc2-c2ccc3c4ccc(-c5ccccc5-c5ccccc5)cc4c4c5ccccc5c5ccccc5c4c3c2)cc1. The zero-order valence-corrected chi connectivity index (χ0v) is 27.5. The topological polar surface area (TPSA) is 0 Å². The number of hydrogen-bond acceptors (Lipinski definition) is 0. The molecule has 0 aromatic heterocycles. The van der Waals surface area contributed by atoms with Gasteiger partial charge in [-0.25, -0.2) is 0 Å². The predicted molar refractivity (Wildman–Crippen MR) is 216 cm³/mol. The van der Waals surface area contributed by atoms with Gasteiger partial charge >= 0.3 is 0 Å². The van der Waals surface area contributed by atoms with Crippen molar-refractivity contribution in [2.75, 3.05) is 0 Å². The fourth-order valence-electron chi connectivity index (χ4n) is 8.22. The number of fused-ring (bicyclic) bond motifs is 11. The molecule has 0 heteroatoms. The second-order valence-electron chi connectivity index (χ2n) is 13.2. The van der Waals surface area contributed by atoms with Crippen LogP contribution in [0, 0.1) is 0 Å². The van der Waals surface area contributed by atoms with Gasteiger partial charge in [-0.3, -0.25) is 0 Å². The Morgan fingerprint density at radius 3 is 0.880 bits per heavy atom. The van der Waals surface area contributed by atoms with Crippen molar-refractivity contribution in [1.29, 1.82) is 0 Å². The molecule has 0 amide bonds. The Kier molecular flexibility index (Phi) is 6.60. The van der Waals surface area contributed by atoms with Crippen LogP contribution < -0.4 is 0 Å². The minimum Gasteiger partial charge on any atom is -0.0622 e. The van der Waals surface area contributed by atoms with E-state index in [2.05, 4.69) is 194 Å². The van der Waals surface area contributed by atoms with E-state index < -0.39 is 0 Å². The standard InChI is InChI=1S/C50H32/c1-3-15-33(16-4-1)37-19-7-9-21-39(37)35-27-29-43-44-30-28-36(40-22-10-8-20-38(40)34-17-5-2-6-18-34)32-48(44)50-46-26-14-12-24-42(46)41-23-11-13-25-45(41)49(50)47(43)31-35/h1-32H. The van der Waals surface area contributed by atoms with Crippen LogP contribution in [0.25, 0.3) is 98.4 Å². The molecule has 10 rings (SSSR count). The molecule has 0 aliphatic heterocycles. The summed E-state index contributed by atoms with van der Waals surface area (Å²) in [6, 6.07) is 71.2. The molecule has 0 fully saturated rings. The first kappa shape index (κ1) is 28.5. The van der Waals surface area contributed by atoms with Crippen LogP contribution in [0.3, 0.4) is 0 Å². The van der Waals surface area contributed by atoms with Crippen molar-refractivity contribution in [3.8, 4) is 44.5 Å². The van der Waals surface area contributed by atoms with Gasteiger partial charge in [0.25, 0.3) is 0 Å². The van der Waals surface area contributed by atoms with E-state index in [1.54, 1.807) is 0 Å². The molecule has 0 atom stereocenters. The lowest BCUT2D eigenvalue weighted by atomic mass is 9.84.